The van der Waals surface area contributed by atoms with Gasteiger partial charge in [-0.25, -0.2) is 9.37 Å². The number of carbonyl (C=O) groups excluding carboxylic acids is 1. The molecule has 0 saturated carbocycles. The van der Waals surface area contributed by atoms with Crippen molar-refractivity contribution in [3.63, 3.8) is 0 Å². The van der Waals surface area contributed by atoms with Gasteiger partial charge in [0.2, 0.25) is 0 Å². The van der Waals surface area contributed by atoms with Gasteiger partial charge in [0.1, 0.15) is 11.6 Å². The van der Waals surface area contributed by atoms with Crippen molar-refractivity contribution in [2.45, 2.75) is 6.42 Å². The minimum Gasteiger partial charge on any atom is -0.497 e. The molecule has 1 amide bonds. The molecular formula is C22H24FN3O3S. The van der Waals surface area contributed by atoms with Crippen LogP contribution in [0.5, 0.6) is 5.75 Å². The Kier molecular flexibility index (Phi) is 6.56. The van der Waals surface area contributed by atoms with Crippen LogP contribution < -0.4 is 9.64 Å². The molecule has 30 heavy (non-hydrogen) atoms. The highest BCUT2D eigenvalue weighted by molar-refractivity contribution is 7.22. The molecule has 3 aromatic rings. The third-order valence-electron chi connectivity index (χ3n) is 5.11. The lowest BCUT2D eigenvalue weighted by molar-refractivity contribution is 0.0376. The predicted molar refractivity (Wildman–Crippen MR) is 116 cm³/mol. The monoisotopic (exact) mass is 429 g/mol. The first kappa shape index (κ1) is 20.7. The summed E-state index contributed by atoms with van der Waals surface area (Å²) in [4.78, 5) is 22.0. The first-order valence-electron chi connectivity index (χ1n) is 9.96. The summed E-state index contributed by atoms with van der Waals surface area (Å²) in [6.45, 7) is 4.73. The number of aromatic nitrogens is 1. The Hall–Kier alpha value is -2.55. The zero-order chi connectivity index (χ0) is 20.9. The van der Waals surface area contributed by atoms with E-state index in [0.717, 1.165) is 55.2 Å². The zero-order valence-electron chi connectivity index (χ0n) is 16.8. The lowest BCUT2D eigenvalue weighted by atomic mass is 10.2. The molecule has 0 atom stereocenters. The van der Waals surface area contributed by atoms with Crippen LogP contribution in [-0.2, 0) is 4.74 Å². The molecule has 1 aliphatic rings. The van der Waals surface area contributed by atoms with Gasteiger partial charge in [-0.15, -0.1) is 0 Å². The van der Waals surface area contributed by atoms with Crippen LogP contribution in [0.15, 0.2) is 42.5 Å². The number of amides is 1. The molecule has 2 aromatic carbocycles. The van der Waals surface area contributed by atoms with E-state index in [2.05, 4.69) is 9.88 Å². The highest BCUT2D eigenvalue weighted by Crippen LogP contribution is 2.32. The molecule has 0 radical (unpaired) electrons. The molecule has 0 bridgehead atoms. The minimum absolute atomic E-state index is 0.178. The summed E-state index contributed by atoms with van der Waals surface area (Å²) < 4.78 is 25.0. The maximum absolute atomic E-state index is 13.3. The fourth-order valence-electron chi connectivity index (χ4n) is 3.45. The molecule has 4 rings (SSSR count). The largest absolute Gasteiger partial charge is 0.497 e. The van der Waals surface area contributed by atoms with Crippen molar-refractivity contribution in [3.8, 4) is 5.75 Å². The average molecular weight is 430 g/mol. The Bertz CT molecular complexity index is 1000. The van der Waals surface area contributed by atoms with Crippen LogP contribution >= 0.6 is 11.3 Å². The lowest BCUT2D eigenvalue weighted by Gasteiger charge is -2.27. The number of rotatable bonds is 7. The normalized spacial score (nSPS) is 14.7. The summed E-state index contributed by atoms with van der Waals surface area (Å²) in [5.74, 6) is 0.184. The zero-order valence-corrected chi connectivity index (χ0v) is 17.7. The van der Waals surface area contributed by atoms with Crippen molar-refractivity contribution < 1.29 is 18.7 Å². The van der Waals surface area contributed by atoms with Crippen molar-refractivity contribution in [1.29, 1.82) is 0 Å². The van der Waals surface area contributed by atoms with Crippen molar-refractivity contribution in [1.82, 2.24) is 9.88 Å². The predicted octanol–water partition coefficient (Wildman–Crippen LogP) is 3.81. The third kappa shape index (κ3) is 4.77. The summed E-state index contributed by atoms with van der Waals surface area (Å²) in [5.41, 5.74) is 1.24. The van der Waals surface area contributed by atoms with E-state index in [1.807, 2.05) is 18.2 Å². The van der Waals surface area contributed by atoms with Gasteiger partial charge in [-0.2, -0.15) is 0 Å². The van der Waals surface area contributed by atoms with Gasteiger partial charge >= 0.3 is 0 Å². The summed E-state index contributed by atoms with van der Waals surface area (Å²) >= 11 is 1.47. The van der Waals surface area contributed by atoms with Crippen LogP contribution in [0, 0.1) is 5.82 Å². The summed E-state index contributed by atoms with van der Waals surface area (Å²) in [6.07, 6.45) is 0.812. The number of hydrogen-bond acceptors (Lipinski definition) is 6. The standard InChI is InChI=1S/C22H24FN3O3S/c1-28-18-7-8-20-19(15-18)24-22(30-20)26(10-2-9-25-11-13-29-14-12-25)21(27)16-3-5-17(23)6-4-16/h3-8,15H,2,9-14H2,1H3. The molecule has 0 unspecified atom stereocenters. The lowest BCUT2D eigenvalue weighted by Crippen LogP contribution is -2.39. The SMILES string of the molecule is COc1ccc2sc(N(CCCN3CCOCC3)C(=O)c3ccc(F)cc3)nc2c1. The molecule has 1 aromatic heterocycles. The molecule has 1 fully saturated rings. The van der Waals surface area contributed by atoms with Crippen molar-refractivity contribution in [2.75, 3.05) is 51.4 Å². The van der Waals surface area contributed by atoms with E-state index in [1.165, 1.54) is 35.6 Å². The number of benzene rings is 2. The number of thiazole rings is 1. The Balaban J connectivity index is 1.57. The fraction of sp³-hybridized carbons (Fsp3) is 0.364. The number of nitrogens with zero attached hydrogens (tertiary/aromatic N) is 3. The van der Waals surface area contributed by atoms with Gasteiger partial charge in [0.05, 0.1) is 30.5 Å². The second kappa shape index (κ2) is 9.51. The van der Waals surface area contributed by atoms with E-state index in [0.29, 0.717) is 17.2 Å². The highest BCUT2D eigenvalue weighted by atomic mass is 32.1. The first-order chi connectivity index (χ1) is 14.6. The van der Waals surface area contributed by atoms with Gasteiger partial charge < -0.3 is 9.47 Å². The van der Waals surface area contributed by atoms with E-state index in [1.54, 1.807) is 12.0 Å². The quantitative estimate of drug-likeness (QED) is 0.572. The molecule has 2 heterocycles. The molecule has 0 N–H and O–H groups in total. The molecule has 158 valence electrons. The molecule has 0 spiro atoms. The summed E-state index contributed by atoms with van der Waals surface area (Å²) in [7, 11) is 1.62. The first-order valence-corrected chi connectivity index (χ1v) is 10.8. The number of anilines is 1. The van der Waals surface area contributed by atoms with E-state index in [9.17, 15) is 9.18 Å². The maximum atomic E-state index is 13.3. The van der Waals surface area contributed by atoms with Gasteiger partial charge in [0, 0.05) is 37.8 Å². The van der Waals surface area contributed by atoms with Crippen LogP contribution in [0.25, 0.3) is 10.2 Å². The smallest absolute Gasteiger partial charge is 0.260 e. The molecule has 8 heteroatoms. The van der Waals surface area contributed by atoms with Gasteiger partial charge in [-0.05, 0) is 42.8 Å². The number of halogens is 1. The summed E-state index contributed by atoms with van der Waals surface area (Å²) in [5, 5.41) is 0.634. The number of hydrogen-bond donors (Lipinski definition) is 0. The van der Waals surface area contributed by atoms with Crippen molar-refractivity contribution >= 4 is 32.6 Å². The van der Waals surface area contributed by atoms with Crippen LogP contribution in [-0.4, -0.2) is 62.3 Å². The number of morpholine rings is 1. The average Bonchev–Trinajstić information content (AvgIpc) is 3.20. The molecule has 1 aliphatic heterocycles. The second-order valence-corrected chi connectivity index (χ2v) is 8.11. The van der Waals surface area contributed by atoms with Crippen LogP contribution in [0.3, 0.4) is 0 Å². The number of methoxy groups -OCH3 is 1. The molecule has 6 nitrogen and oxygen atoms in total. The summed E-state index contributed by atoms with van der Waals surface area (Å²) in [6, 6.07) is 11.3. The Morgan fingerprint density at radius 2 is 2.00 bits per heavy atom. The van der Waals surface area contributed by atoms with Crippen molar-refractivity contribution in [2.24, 2.45) is 0 Å². The van der Waals surface area contributed by atoms with Crippen LogP contribution in [0.2, 0.25) is 0 Å². The topological polar surface area (TPSA) is 54.9 Å². The minimum atomic E-state index is -0.363. The van der Waals surface area contributed by atoms with Gasteiger partial charge in [-0.3, -0.25) is 14.6 Å². The van der Waals surface area contributed by atoms with E-state index >= 15 is 0 Å². The van der Waals surface area contributed by atoms with Crippen LogP contribution in [0.1, 0.15) is 16.8 Å². The Morgan fingerprint density at radius 1 is 1.23 bits per heavy atom. The Morgan fingerprint density at radius 3 is 2.73 bits per heavy atom. The van der Waals surface area contributed by atoms with Gasteiger partial charge in [0.25, 0.3) is 5.91 Å². The second-order valence-electron chi connectivity index (χ2n) is 7.10. The highest BCUT2D eigenvalue weighted by Gasteiger charge is 2.22. The van der Waals surface area contributed by atoms with E-state index in [-0.39, 0.29) is 11.7 Å². The van der Waals surface area contributed by atoms with Crippen molar-refractivity contribution in [3.05, 3.63) is 53.8 Å². The van der Waals surface area contributed by atoms with Gasteiger partial charge in [0.15, 0.2) is 5.13 Å². The Labute approximate surface area is 178 Å². The van der Waals surface area contributed by atoms with E-state index in [4.69, 9.17) is 9.47 Å². The van der Waals surface area contributed by atoms with Gasteiger partial charge in [-0.1, -0.05) is 11.3 Å². The fourth-order valence-corrected chi connectivity index (χ4v) is 4.42. The van der Waals surface area contributed by atoms with Crippen LogP contribution in [0.4, 0.5) is 9.52 Å². The molecule has 0 aliphatic carbocycles. The number of fused-ring (bicyclic) bond motifs is 1. The maximum Gasteiger partial charge on any atom is 0.260 e. The number of carbonyl (C=O) groups is 1. The van der Waals surface area contributed by atoms with E-state index < -0.39 is 0 Å². The molecule has 1 saturated heterocycles. The number of ether oxygens (including phenoxy) is 2. The third-order valence-corrected chi connectivity index (χ3v) is 6.17. The molecular weight excluding hydrogens is 405 g/mol.